The van der Waals surface area contributed by atoms with Gasteiger partial charge in [-0.05, 0) is 19.8 Å². The minimum absolute atomic E-state index is 0.0583. The number of hydrogen-bond acceptors (Lipinski definition) is 4. The molecule has 0 aromatic rings. The number of rotatable bonds is 4. The standard InChI is InChI=1S/C9H16O4S/c1-7(9(10)12-2)14(11)6-8-4-3-5-13-8/h7-8H,3-6H2,1-2H3. The van der Waals surface area contributed by atoms with Crippen molar-refractivity contribution in [3.63, 3.8) is 0 Å². The van der Waals surface area contributed by atoms with Crippen LogP contribution in [0.2, 0.25) is 0 Å². The molecule has 5 heteroatoms. The molecule has 4 nitrogen and oxygen atoms in total. The molecule has 0 radical (unpaired) electrons. The van der Waals surface area contributed by atoms with Gasteiger partial charge in [0.25, 0.3) is 0 Å². The number of esters is 1. The predicted octanol–water partition coefficient (Wildman–Crippen LogP) is 0.476. The third-order valence-corrected chi connectivity index (χ3v) is 3.98. The van der Waals surface area contributed by atoms with Gasteiger partial charge in [0.2, 0.25) is 0 Å². The molecule has 0 N–H and O–H groups in total. The highest BCUT2D eigenvalue weighted by molar-refractivity contribution is 7.86. The van der Waals surface area contributed by atoms with E-state index in [0.717, 1.165) is 19.4 Å². The van der Waals surface area contributed by atoms with Crippen molar-refractivity contribution < 1.29 is 18.5 Å². The molecule has 82 valence electrons. The summed E-state index contributed by atoms with van der Waals surface area (Å²) < 4.78 is 21.5. The van der Waals surface area contributed by atoms with E-state index in [9.17, 15) is 9.00 Å². The first-order valence-corrected chi connectivity index (χ1v) is 6.10. The average Bonchev–Trinajstić information content (AvgIpc) is 2.68. The van der Waals surface area contributed by atoms with Gasteiger partial charge in [0.05, 0.1) is 19.0 Å². The molecule has 0 saturated carbocycles. The zero-order valence-electron chi connectivity index (χ0n) is 8.52. The first-order valence-electron chi connectivity index (χ1n) is 4.71. The van der Waals surface area contributed by atoms with Crippen LogP contribution in [0, 0.1) is 0 Å². The number of ether oxygens (including phenoxy) is 2. The molecule has 1 saturated heterocycles. The second-order valence-electron chi connectivity index (χ2n) is 3.35. The summed E-state index contributed by atoms with van der Waals surface area (Å²) in [6.07, 6.45) is 2.02. The molecular formula is C9H16O4S. The van der Waals surface area contributed by atoms with Gasteiger partial charge in [-0.2, -0.15) is 0 Å². The van der Waals surface area contributed by atoms with Crippen LogP contribution in [-0.2, 0) is 25.1 Å². The van der Waals surface area contributed by atoms with Crippen LogP contribution in [-0.4, -0.2) is 41.0 Å². The number of carbonyl (C=O) groups excluding carboxylic acids is 1. The third kappa shape index (κ3) is 3.06. The van der Waals surface area contributed by atoms with E-state index in [0.29, 0.717) is 5.75 Å². The van der Waals surface area contributed by atoms with Crippen molar-refractivity contribution in [2.75, 3.05) is 19.5 Å². The van der Waals surface area contributed by atoms with Crippen LogP contribution >= 0.6 is 0 Å². The van der Waals surface area contributed by atoms with Crippen LogP contribution in [0.1, 0.15) is 19.8 Å². The van der Waals surface area contributed by atoms with Gasteiger partial charge in [-0.25, -0.2) is 0 Å². The Morgan fingerprint density at radius 2 is 2.43 bits per heavy atom. The lowest BCUT2D eigenvalue weighted by Gasteiger charge is -2.12. The van der Waals surface area contributed by atoms with Gasteiger partial charge in [-0.1, -0.05) is 0 Å². The van der Waals surface area contributed by atoms with Gasteiger partial charge in [0.1, 0.15) is 5.25 Å². The SMILES string of the molecule is COC(=O)C(C)S(=O)CC1CCCO1. The molecule has 3 atom stereocenters. The van der Waals surface area contributed by atoms with Crippen molar-refractivity contribution in [3.8, 4) is 0 Å². The van der Waals surface area contributed by atoms with E-state index in [-0.39, 0.29) is 6.10 Å². The Labute approximate surface area is 86.4 Å². The Morgan fingerprint density at radius 1 is 1.71 bits per heavy atom. The molecule has 1 fully saturated rings. The summed E-state index contributed by atoms with van der Waals surface area (Å²) in [5, 5.41) is -0.552. The quantitative estimate of drug-likeness (QED) is 0.646. The monoisotopic (exact) mass is 220 g/mol. The largest absolute Gasteiger partial charge is 0.468 e. The van der Waals surface area contributed by atoms with Crippen LogP contribution < -0.4 is 0 Å². The molecular weight excluding hydrogens is 204 g/mol. The van der Waals surface area contributed by atoms with Crippen molar-refractivity contribution >= 4 is 16.8 Å². The second kappa shape index (κ2) is 5.46. The van der Waals surface area contributed by atoms with Crippen LogP contribution in [0.4, 0.5) is 0 Å². The lowest BCUT2D eigenvalue weighted by molar-refractivity contribution is -0.139. The summed E-state index contributed by atoms with van der Waals surface area (Å²) in [6, 6.07) is 0. The smallest absolute Gasteiger partial charge is 0.321 e. The van der Waals surface area contributed by atoms with Gasteiger partial charge in [-0.3, -0.25) is 9.00 Å². The highest BCUT2D eigenvalue weighted by Gasteiger charge is 2.25. The van der Waals surface area contributed by atoms with E-state index in [4.69, 9.17) is 4.74 Å². The Hall–Kier alpha value is -0.420. The molecule has 0 aromatic heterocycles. The van der Waals surface area contributed by atoms with Crippen LogP contribution in [0.15, 0.2) is 0 Å². The molecule has 3 unspecified atom stereocenters. The van der Waals surface area contributed by atoms with Crippen LogP contribution in [0.5, 0.6) is 0 Å². The molecule has 1 aliphatic rings. The predicted molar refractivity (Wildman–Crippen MR) is 53.5 cm³/mol. The van der Waals surface area contributed by atoms with Gasteiger partial charge in [0.15, 0.2) is 0 Å². The maximum atomic E-state index is 11.6. The fourth-order valence-corrected chi connectivity index (χ4v) is 2.61. The summed E-state index contributed by atoms with van der Waals surface area (Å²) in [5.74, 6) is 0.0253. The van der Waals surface area contributed by atoms with Crippen molar-refractivity contribution in [3.05, 3.63) is 0 Å². The summed E-state index contributed by atoms with van der Waals surface area (Å²) in [7, 11) is 0.124. The maximum Gasteiger partial charge on any atom is 0.321 e. The normalized spacial score (nSPS) is 25.7. The van der Waals surface area contributed by atoms with E-state index >= 15 is 0 Å². The highest BCUT2D eigenvalue weighted by Crippen LogP contribution is 2.14. The molecule has 1 aliphatic heterocycles. The topological polar surface area (TPSA) is 52.6 Å². The third-order valence-electron chi connectivity index (χ3n) is 2.30. The first kappa shape index (κ1) is 11.7. The lowest BCUT2D eigenvalue weighted by Crippen LogP contribution is -2.29. The number of methoxy groups -OCH3 is 1. The van der Waals surface area contributed by atoms with Crippen LogP contribution in [0.3, 0.4) is 0 Å². The molecule has 14 heavy (non-hydrogen) atoms. The number of hydrogen-bond donors (Lipinski definition) is 0. The Kier molecular flexibility index (Phi) is 4.54. The van der Waals surface area contributed by atoms with Gasteiger partial charge < -0.3 is 9.47 Å². The molecule has 0 aliphatic carbocycles. The molecule has 0 spiro atoms. The number of carbonyl (C=O) groups is 1. The van der Waals surface area contributed by atoms with Crippen LogP contribution in [0.25, 0.3) is 0 Å². The summed E-state index contributed by atoms with van der Waals surface area (Å²) in [6.45, 7) is 2.37. The Balaban J connectivity index is 2.36. The molecule has 0 amide bonds. The van der Waals surface area contributed by atoms with Gasteiger partial charge in [-0.15, -0.1) is 0 Å². The zero-order valence-corrected chi connectivity index (χ0v) is 9.34. The van der Waals surface area contributed by atoms with E-state index in [1.807, 2.05) is 0 Å². The summed E-state index contributed by atoms with van der Waals surface area (Å²) in [4.78, 5) is 11.1. The van der Waals surface area contributed by atoms with Crippen molar-refractivity contribution in [2.24, 2.45) is 0 Å². The molecule has 0 bridgehead atoms. The first-order chi connectivity index (χ1) is 6.65. The van der Waals surface area contributed by atoms with Crippen molar-refractivity contribution in [1.82, 2.24) is 0 Å². The van der Waals surface area contributed by atoms with E-state index in [1.54, 1.807) is 6.92 Å². The van der Waals surface area contributed by atoms with Gasteiger partial charge >= 0.3 is 5.97 Å². The minimum Gasteiger partial charge on any atom is -0.468 e. The molecule has 1 heterocycles. The summed E-state index contributed by atoms with van der Waals surface area (Å²) in [5.41, 5.74) is 0. The highest BCUT2D eigenvalue weighted by atomic mass is 32.2. The fourth-order valence-electron chi connectivity index (χ4n) is 1.38. The lowest BCUT2D eigenvalue weighted by atomic mass is 10.3. The van der Waals surface area contributed by atoms with Crippen molar-refractivity contribution in [1.29, 1.82) is 0 Å². The molecule has 1 rings (SSSR count). The van der Waals surface area contributed by atoms with Gasteiger partial charge in [0, 0.05) is 17.4 Å². The zero-order chi connectivity index (χ0) is 10.6. The van der Waals surface area contributed by atoms with E-state index < -0.39 is 22.0 Å². The van der Waals surface area contributed by atoms with E-state index in [2.05, 4.69) is 4.74 Å². The Morgan fingerprint density at radius 3 is 2.93 bits per heavy atom. The fraction of sp³-hybridized carbons (Fsp3) is 0.889. The second-order valence-corrected chi connectivity index (χ2v) is 5.15. The maximum absolute atomic E-state index is 11.6. The minimum atomic E-state index is -1.18. The molecule has 0 aromatic carbocycles. The Bertz CT molecular complexity index is 223. The van der Waals surface area contributed by atoms with Crippen molar-refractivity contribution in [2.45, 2.75) is 31.1 Å². The summed E-state index contributed by atoms with van der Waals surface area (Å²) >= 11 is 0. The van der Waals surface area contributed by atoms with E-state index in [1.165, 1.54) is 7.11 Å². The average molecular weight is 220 g/mol.